The van der Waals surface area contributed by atoms with Gasteiger partial charge >= 0.3 is 21.1 Å². The fourth-order valence-corrected chi connectivity index (χ4v) is 6.58. The Hall–Kier alpha value is -4.79. The summed E-state index contributed by atoms with van der Waals surface area (Å²) in [5, 5.41) is 4.98. The first-order valence-electron chi connectivity index (χ1n) is 15.8. The van der Waals surface area contributed by atoms with Crippen LogP contribution in [0.15, 0.2) is 114 Å². The number of pyridine rings is 2. The second kappa shape index (κ2) is 12.4. The molecular formula is C42H32N2O2Pt. The first-order chi connectivity index (χ1) is 22.5. The van der Waals surface area contributed by atoms with Crippen LogP contribution in [0.25, 0.3) is 66.0 Å². The predicted molar refractivity (Wildman–Crippen MR) is 188 cm³/mol. The van der Waals surface area contributed by atoms with Crippen LogP contribution in [0.5, 0.6) is 11.5 Å². The van der Waals surface area contributed by atoms with Crippen molar-refractivity contribution >= 4 is 43.6 Å². The van der Waals surface area contributed by atoms with E-state index in [1.165, 1.54) is 16.7 Å². The Labute approximate surface area is 288 Å². The molecule has 0 unspecified atom stereocenters. The smallest absolute Gasteiger partial charge is 0.497 e. The van der Waals surface area contributed by atoms with Crippen LogP contribution in [0.1, 0.15) is 50.7 Å². The Kier molecular flexibility index (Phi) is 8.16. The Morgan fingerprint density at radius 3 is 2.30 bits per heavy atom. The van der Waals surface area contributed by atoms with Crippen molar-refractivity contribution < 1.29 is 30.2 Å². The Bertz CT molecular complexity index is 2400. The van der Waals surface area contributed by atoms with E-state index in [4.69, 9.17) is 19.1 Å². The van der Waals surface area contributed by atoms with Crippen LogP contribution in [-0.2, 0) is 21.1 Å². The molecule has 0 saturated carbocycles. The summed E-state index contributed by atoms with van der Waals surface area (Å²) >= 11 is 0. The van der Waals surface area contributed by atoms with Crippen molar-refractivity contribution in [2.24, 2.45) is 0 Å². The molecule has 0 bridgehead atoms. The molecule has 0 aliphatic rings. The predicted octanol–water partition coefficient (Wildman–Crippen LogP) is 11.7. The van der Waals surface area contributed by atoms with Crippen LogP contribution in [0.2, 0.25) is 0 Å². The molecular weight excluding hydrogens is 760 g/mol. The van der Waals surface area contributed by atoms with E-state index in [2.05, 4.69) is 94.4 Å². The van der Waals surface area contributed by atoms with Gasteiger partial charge < -0.3 is 19.1 Å². The van der Waals surface area contributed by atoms with Gasteiger partial charge in [-0.1, -0.05) is 106 Å². The van der Waals surface area contributed by atoms with E-state index in [9.17, 15) is 0 Å². The number of hydrogen-bond acceptors (Lipinski definition) is 4. The normalized spacial score (nSPS) is 11.6. The summed E-state index contributed by atoms with van der Waals surface area (Å²) in [7, 11) is 0. The van der Waals surface area contributed by atoms with Crippen molar-refractivity contribution in [2.75, 3.05) is 0 Å². The number of furan rings is 1. The molecule has 4 nitrogen and oxygen atoms in total. The van der Waals surface area contributed by atoms with E-state index in [0.29, 0.717) is 28.9 Å². The van der Waals surface area contributed by atoms with Crippen LogP contribution >= 0.6 is 0 Å². The second-order valence-corrected chi connectivity index (χ2v) is 12.4. The molecule has 0 amide bonds. The zero-order valence-electron chi connectivity index (χ0n) is 26.6. The molecule has 0 atom stereocenters. The summed E-state index contributed by atoms with van der Waals surface area (Å²) in [4.78, 5) is 9.48. The largest absolute Gasteiger partial charge is 2.00 e. The number of benzene rings is 5. The molecule has 0 N–H and O–H groups in total. The van der Waals surface area contributed by atoms with Crippen molar-refractivity contribution in [3.05, 3.63) is 133 Å². The summed E-state index contributed by atoms with van der Waals surface area (Å²) in [6.45, 7) is 9.01. The van der Waals surface area contributed by atoms with Gasteiger partial charge in [-0.3, -0.25) is 0 Å². The van der Waals surface area contributed by atoms with Crippen LogP contribution in [0, 0.1) is 12.1 Å². The summed E-state index contributed by atoms with van der Waals surface area (Å²) in [5.74, 6) is 1.85. The number of fused-ring (bicyclic) bond motifs is 7. The number of aromatic nitrogens is 2. The monoisotopic (exact) mass is 791 g/mol. The molecule has 5 aromatic carbocycles. The van der Waals surface area contributed by atoms with E-state index in [1.807, 2.05) is 54.9 Å². The van der Waals surface area contributed by atoms with Gasteiger partial charge in [-0.15, -0.1) is 29.1 Å². The zero-order valence-corrected chi connectivity index (χ0v) is 28.8. The van der Waals surface area contributed by atoms with Gasteiger partial charge in [-0.25, -0.2) is 0 Å². The van der Waals surface area contributed by atoms with E-state index < -0.39 is 0 Å². The molecule has 8 aromatic rings. The van der Waals surface area contributed by atoms with Gasteiger partial charge in [-0.05, 0) is 74.3 Å². The molecule has 0 saturated heterocycles. The molecule has 5 heteroatoms. The standard InChI is InChI=1S/C42H32N2O2.Pt/c1-25(2)31-14-8-15-32(26(3)4)39(31)29-19-21-43-36(23-29)28-10-7-12-30(22-28)45-38-24-35-33(18-17-27-11-9-20-44-41(27)35)40-34-13-5-6-16-37(34)46-42(38)40;/h5-21,23,25-26H,1-4H3;/q-2;+2. The maximum atomic E-state index is 6.60. The second-order valence-electron chi connectivity index (χ2n) is 12.4. The first kappa shape index (κ1) is 30.8. The molecule has 0 radical (unpaired) electrons. The van der Waals surface area contributed by atoms with E-state index in [1.54, 1.807) is 0 Å². The van der Waals surface area contributed by atoms with Crippen molar-refractivity contribution in [1.82, 2.24) is 9.97 Å². The number of ether oxygens (including phenoxy) is 1. The maximum Gasteiger partial charge on any atom is 2.00 e. The van der Waals surface area contributed by atoms with Crippen LogP contribution in [-0.4, -0.2) is 9.97 Å². The van der Waals surface area contributed by atoms with Crippen molar-refractivity contribution in [3.8, 4) is 33.9 Å². The SMILES string of the molecule is CC(C)c1cccc(C(C)C)c1-c1ccnc(-c2[c-]c(Oc3[c-]c4c(ccc5cccnc54)c4c3oc3ccccc34)ccc2)c1.[Pt+2]. The molecule has 0 fully saturated rings. The van der Waals surface area contributed by atoms with Gasteiger partial charge in [0.2, 0.25) is 0 Å². The Balaban J connectivity index is 0.00000351. The number of rotatable bonds is 6. The quantitative estimate of drug-likeness (QED) is 0.124. The molecule has 8 rings (SSSR count). The van der Waals surface area contributed by atoms with Gasteiger partial charge in [0.1, 0.15) is 5.58 Å². The minimum atomic E-state index is 0. The summed E-state index contributed by atoms with van der Waals surface area (Å²) in [6, 6.07) is 40.2. The topological polar surface area (TPSA) is 48.2 Å². The third kappa shape index (κ3) is 5.41. The molecule has 3 aromatic heterocycles. The molecule has 0 aliphatic heterocycles. The molecule has 0 spiro atoms. The Morgan fingerprint density at radius 1 is 0.702 bits per heavy atom. The van der Waals surface area contributed by atoms with Crippen molar-refractivity contribution in [1.29, 1.82) is 0 Å². The van der Waals surface area contributed by atoms with Gasteiger partial charge in [0, 0.05) is 23.5 Å². The minimum absolute atomic E-state index is 0. The summed E-state index contributed by atoms with van der Waals surface area (Å²) in [5.41, 5.74) is 9.13. The van der Waals surface area contributed by atoms with Gasteiger partial charge in [-0.2, -0.15) is 0 Å². The fourth-order valence-electron chi connectivity index (χ4n) is 6.58. The molecule has 0 aliphatic carbocycles. The third-order valence-corrected chi connectivity index (χ3v) is 8.76. The third-order valence-electron chi connectivity index (χ3n) is 8.76. The maximum absolute atomic E-state index is 6.60. The minimum Gasteiger partial charge on any atom is -0.497 e. The molecule has 3 heterocycles. The van der Waals surface area contributed by atoms with Gasteiger partial charge in [0.25, 0.3) is 0 Å². The zero-order chi connectivity index (χ0) is 31.4. The van der Waals surface area contributed by atoms with Crippen LogP contribution in [0.4, 0.5) is 0 Å². The van der Waals surface area contributed by atoms with E-state index in [0.717, 1.165) is 54.9 Å². The van der Waals surface area contributed by atoms with Crippen LogP contribution < -0.4 is 4.74 Å². The first-order valence-corrected chi connectivity index (χ1v) is 15.8. The fraction of sp³-hybridized carbons (Fsp3) is 0.143. The van der Waals surface area contributed by atoms with Gasteiger partial charge in [0.15, 0.2) is 0 Å². The van der Waals surface area contributed by atoms with E-state index in [-0.39, 0.29) is 21.1 Å². The van der Waals surface area contributed by atoms with E-state index >= 15 is 0 Å². The average molecular weight is 792 g/mol. The van der Waals surface area contributed by atoms with Gasteiger partial charge in [0.05, 0.1) is 11.3 Å². The number of nitrogens with zero attached hydrogens (tertiary/aromatic N) is 2. The van der Waals surface area contributed by atoms with Crippen LogP contribution in [0.3, 0.4) is 0 Å². The summed E-state index contributed by atoms with van der Waals surface area (Å²) in [6.07, 6.45) is 3.70. The number of para-hydroxylation sites is 1. The molecule has 47 heavy (non-hydrogen) atoms. The van der Waals surface area contributed by atoms with Crippen molar-refractivity contribution in [2.45, 2.75) is 39.5 Å². The molecule has 232 valence electrons. The van der Waals surface area contributed by atoms with Crippen molar-refractivity contribution in [3.63, 3.8) is 0 Å². The Morgan fingerprint density at radius 2 is 1.49 bits per heavy atom. The number of hydrogen-bond donors (Lipinski definition) is 0. The average Bonchev–Trinajstić information content (AvgIpc) is 3.48. The summed E-state index contributed by atoms with van der Waals surface area (Å²) < 4.78 is 13.0.